The number of rotatable bonds is 4. The fraction of sp³-hybridized carbons (Fsp3) is 0.375. The van der Waals surface area contributed by atoms with E-state index in [0.29, 0.717) is 5.57 Å². The van der Waals surface area contributed by atoms with Crippen LogP contribution in [0.2, 0.25) is 0 Å². The van der Waals surface area contributed by atoms with Gasteiger partial charge in [-0.05, 0) is 0 Å². The first-order valence-corrected chi connectivity index (χ1v) is 6.64. The number of carbonyl (C=O) groups is 1. The van der Waals surface area contributed by atoms with Gasteiger partial charge in [-0.25, -0.2) is 0 Å². The van der Waals surface area contributed by atoms with Crippen LogP contribution in [0.15, 0.2) is 18.9 Å². The summed E-state index contributed by atoms with van der Waals surface area (Å²) in [4.78, 5) is 20.8. The van der Waals surface area contributed by atoms with Gasteiger partial charge >= 0.3 is 96.2 Å². The number of hydrogen-bond acceptors (Lipinski definition) is 4. The van der Waals surface area contributed by atoms with E-state index in [4.69, 9.17) is 10.8 Å². The van der Waals surface area contributed by atoms with E-state index in [1.807, 2.05) is 0 Å². The molecule has 1 aliphatic heterocycles. The molecule has 0 saturated carbocycles. The monoisotopic (exact) mass is 326 g/mol. The molecule has 0 aliphatic carbocycles. The van der Waals surface area contributed by atoms with E-state index in [2.05, 4.69) is 0 Å². The van der Waals surface area contributed by atoms with Crippen molar-refractivity contribution in [3.63, 3.8) is 0 Å². The van der Waals surface area contributed by atoms with Crippen LogP contribution in [-0.2, 0) is 4.79 Å². The van der Waals surface area contributed by atoms with Crippen molar-refractivity contribution in [1.82, 2.24) is 0 Å². The molecule has 1 rings (SSSR count). The molecule has 6 nitrogen and oxygen atoms in total. The Bertz CT molecular complexity index is 375. The molecule has 1 atom stereocenters. The minimum absolute atomic E-state index is 0.0355. The van der Waals surface area contributed by atoms with Crippen molar-refractivity contribution in [3.05, 3.63) is 29.0 Å². The van der Waals surface area contributed by atoms with Gasteiger partial charge in [-0.1, -0.05) is 0 Å². The van der Waals surface area contributed by atoms with Gasteiger partial charge in [0.05, 0.1) is 0 Å². The molecule has 0 spiro atoms. The third-order valence-electron chi connectivity index (χ3n) is 1.96. The van der Waals surface area contributed by atoms with Gasteiger partial charge < -0.3 is 0 Å². The maximum absolute atomic E-state index is 10.7. The van der Waals surface area contributed by atoms with Crippen LogP contribution in [0.1, 0.15) is 13.3 Å². The van der Waals surface area contributed by atoms with Crippen molar-refractivity contribution < 1.29 is 14.8 Å². The quantitative estimate of drug-likeness (QED) is 0.453. The van der Waals surface area contributed by atoms with Gasteiger partial charge in [-0.2, -0.15) is 0 Å². The normalized spacial score (nSPS) is 18.1. The molecular weight excluding hydrogens is 315 g/mol. The van der Waals surface area contributed by atoms with E-state index >= 15 is 0 Å². The molecule has 0 aromatic carbocycles. The second-order valence-electron chi connectivity index (χ2n) is 3.07. The van der Waals surface area contributed by atoms with Crippen molar-refractivity contribution in [2.45, 2.75) is 19.4 Å². The fourth-order valence-corrected chi connectivity index (χ4v) is 3.62. The van der Waals surface area contributed by atoms with Crippen molar-refractivity contribution >= 4 is 27.2 Å². The number of allylic oxidation sites excluding steroid dienone is 2. The molecule has 15 heavy (non-hydrogen) atoms. The summed E-state index contributed by atoms with van der Waals surface area (Å²) < 4.78 is 2.57. The number of aliphatic carboxylic acids is 1. The van der Waals surface area contributed by atoms with Gasteiger partial charge in [-0.3, -0.25) is 0 Å². The minimum atomic E-state index is -1.14. The van der Waals surface area contributed by atoms with Crippen LogP contribution >= 0.6 is 21.2 Å². The van der Waals surface area contributed by atoms with Crippen LogP contribution in [0, 0.1) is 10.1 Å². The summed E-state index contributed by atoms with van der Waals surface area (Å²) in [5.41, 5.74) is 5.89. The number of hydrogen-bond donors (Lipinski definition) is 2. The summed E-state index contributed by atoms with van der Waals surface area (Å²) in [7, 11) is 0. The molecule has 1 heterocycles. The summed E-state index contributed by atoms with van der Waals surface area (Å²) in [6.07, 6.45) is 0.0355. The Morgan fingerprint density at radius 1 is 1.80 bits per heavy atom. The van der Waals surface area contributed by atoms with E-state index < -0.39 is 38.1 Å². The van der Waals surface area contributed by atoms with Crippen molar-refractivity contribution in [2.75, 3.05) is 0 Å². The molecule has 0 saturated heterocycles. The Kier molecular flexibility index (Phi) is 3.80. The van der Waals surface area contributed by atoms with Gasteiger partial charge in [0.1, 0.15) is 0 Å². The third-order valence-corrected chi connectivity index (χ3v) is 4.66. The van der Waals surface area contributed by atoms with Gasteiger partial charge in [-0.15, -0.1) is 0 Å². The van der Waals surface area contributed by atoms with Gasteiger partial charge in [0.2, 0.25) is 0 Å². The number of halogens is 1. The number of carboxylic acid groups (broad SMARTS) is 1. The Balaban J connectivity index is 2.81. The molecule has 84 valence electrons. The molecule has 0 bridgehead atoms. The molecule has 0 aromatic heterocycles. The summed E-state index contributed by atoms with van der Waals surface area (Å²) in [5, 5.41) is 19.3. The molecule has 0 fully saturated rings. The molecule has 0 aromatic rings. The Hall–Kier alpha value is -0.960. The Morgan fingerprint density at radius 2 is 2.40 bits per heavy atom. The zero-order valence-corrected chi connectivity index (χ0v) is 10.3. The molecule has 3 N–H and O–H groups in total. The van der Waals surface area contributed by atoms with Gasteiger partial charge in [0, 0.05) is 0 Å². The SMILES string of the molecule is CC1=C([N+](=O)[O-])C(C[C@H](N)C(=O)O)=C[IH]1. The second-order valence-corrected chi connectivity index (χ2v) is 6.16. The zero-order valence-electron chi connectivity index (χ0n) is 7.97. The number of carboxylic acids is 1. The molecular formula is C8H11IN2O4. The predicted octanol–water partition coefficient (Wildman–Crippen LogP) is 0.897. The molecule has 7 heteroatoms. The van der Waals surface area contributed by atoms with Crippen LogP contribution in [-0.4, -0.2) is 22.0 Å². The number of nitro groups is 1. The molecule has 1 aliphatic rings. The van der Waals surface area contributed by atoms with E-state index in [1.165, 1.54) is 0 Å². The topological polar surface area (TPSA) is 106 Å². The first-order chi connectivity index (χ1) is 6.93. The average molecular weight is 326 g/mol. The van der Waals surface area contributed by atoms with Crippen molar-refractivity contribution in [3.8, 4) is 0 Å². The number of nitrogens with zero attached hydrogens (tertiary/aromatic N) is 1. The number of nitrogens with two attached hydrogens (primary N) is 1. The molecule has 0 radical (unpaired) electrons. The van der Waals surface area contributed by atoms with Gasteiger partial charge in [0.25, 0.3) is 0 Å². The standard InChI is InChI=1S/C8H11IN2O4/c1-4-7(11(14)15)5(3-9-4)2-6(10)8(12)13/h3,6,9H,2,10H2,1H3,(H,12,13)/t6-/m0/s1. The van der Waals surface area contributed by atoms with Crippen molar-refractivity contribution in [2.24, 2.45) is 5.73 Å². The summed E-state index contributed by atoms with van der Waals surface area (Å²) >= 11 is -0.633. The average Bonchev–Trinajstić information content (AvgIpc) is 2.46. The molecule has 0 amide bonds. The maximum atomic E-state index is 10.7. The second kappa shape index (κ2) is 4.71. The zero-order chi connectivity index (χ0) is 11.6. The Morgan fingerprint density at radius 3 is 2.87 bits per heavy atom. The van der Waals surface area contributed by atoms with Crippen LogP contribution in [0.4, 0.5) is 0 Å². The third kappa shape index (κ3) is 2.75. The fourth-order valence-electron chi connectivity index (χ4n) is 1.21. The summed E-state index contributed by atoms with van der Waals surface area (Å²) in [6, 6.07) is -1.07. The van der Waals surface area contributed by atoms with E-state index in [1.54, 1.807) is 11.0 Å². The molecule has 0 unspecified atom stereocenters. The van der Waals surface area contributed by atoms with E-state index in [9.17, 15) is 14.9 Å². The predicted molar refractivity (Wildman–Crippen MR) is 63.4 cm³/mol. The van der Waals surface area contributed by atoms with Gasteiger partial charge in [0.15, 0.2) is 0 Å². The van der Waals surface area contributed by atoms with Crippen LogP contribution in [0.25, 0.3) is 0 Å². The van der Waals surface area contributed by atoms with E-state index in [0.717, 1.165) is 3.58 Å². The van der Waals surface area contributed by atoms with Crippen molar-refractivity contribution in [1.29, 1.82) is 0 Å². The van der Waals surface area contributed by atoms with E-state index in [-0.39, 0.29) is 12.1 Å². The Labute approximate surface area is 96.2 Å². The van der Waals surface area contributed by atoms with Crippen LogP contribution in [0.5, 0.6) is 0 Å². The summed E-state index contributed by atoms with van der Waals surface area (Å²) in [6.45, 7) is 1.72. The van der Waals surface area contributed by atoms with Crippen LogP contribution < -0.4 is 5.73 Å². The summed E-state index contributed by atoms with van der Waals surface area (Å²) in [5.74, 6) is -1.14. The first kappa shape index (κ1) is 12.1. The van der Waals surface area contributed by atoms with Crippen LogP contribution in [0.3, 0.4) is 0 Å². The first-order valence-electron chi connectivity index (χ1n) is 4.13.